The van der Waals surface area contributed by atoms with Gasteiger partial charge in [-0.2, -0.15) is 0 Å². The normalized spacial score (nSPS) is 13.6. The molecule has 0 radical (unpaired) electrons. The van der Waals surface area contributed by atoms with Gasteiger partial charge in [0.25, 0.3) is 0 Å². The highest BCUT2D eigenvalue weighted by Crippen LogP contribution is 2.23. The molecule has 2 aromatic rings. The number of benzene rings is 1. The molecule has 0 spiro atoms. The fourth-order valence-electron chi connectivity index (χ4n) is 1.77. The molecule has 1 N–H and O–H groups in total. The number of ketones is 1. The Balaban J connectivity index is 2.40. The van der Waals surface area contributed by atoms with Crippen molar-refractivity contribution in [2.24, 2.45) is 5.41 Å². The Hall–Kier alpha value is -1.74. The summed E-state index contributed by atoms with van der Waals surface area (Å²) in [5, 5.41) is 11.0. The SMILES string of the molecule is CC(C)(C)C(O)C(=O)c1ccc2cccnc2c1. The molecule has 1 atom stereocenters. The topological polar surface area (TPSA) is 50.2 Å². The molecule has 18 heavy (non-hydrogen) atoms. The first-order chi connectivity index (χ1) is 8.39. The van der Waals surface area contributed by atoms with E-state index in [9.17, 15) is 9.90 Å². The molecular formula is C15H17NO2. The maximum Gasteiger partial charge on any atom is 0.191 e. The number of rotatable bonds is 2. The molecule has 0 bridgehead atoms. The molecular weight excluding hydrogens is 226 g/mol. The largest absolute Gasteiger partial charge is 0.384 e. The van der Waals surface area contributed by atoms with Gasteiger partial charge in [-0.25, -0.2) is 0 Å². The molecule has 0 amide bonds. The molecule has 0 aliphatic heterocycles. The second kappa shape index (κ2) is 4.50. The van der Waals surface area contributed by atoms with Gasteiger partial charge in [-0.1, -0.05) is 39.0 Å². The molecule has 0 saturated heterocycles. The van der Waals surface area contributed by atoms with E-state index in [1.165, 1.54) is 0 Å². The summed E-state index contributed by atoms with van der Waals surface area (Å²) in [6.07, 6.45) is 0.690. The molecule has 3 nitrogen and oxygen atoms in total. The summed E-state index contributed by atoms with van der Waals surface area (Å²) >= 11 is 0. The lowest BCUT2D eigenvalue weighted by atomic mass is 9.84. The third-order valence-corrected chi connectivity index (χ3v) is 2.96. The van der Waals surface area contributed by atoms with E-state index in [0.717, 1.165) is 10.9 Å². The first-order valence-corrected chi connectivity index (χ1v) is 5.96. The first-order valence-electron chi connectivity index (χ1n) is 5.96. The van der Waals surface area contributed by atoms with Crippen LogP contribution in [-0.2, 0) is 0 Å². The van der Waals surface area contributed by atoms with Gasteiger partial charge in [-0.3, -0.25) is 9.78 Å². The highest BCUT2D eigenvalue weighted by Gasteiger charge is 2.29. The van der Waals surface area contributed by atoms with E-state index in [0.29, 0.717) is 5.56 Å². The number of carbonyl (C=O) groups excluding carboxylic acids is 1. The molecule has 1 aromatic heterocycles. The highest BCUT2D eigenvalue weighted by atomic mass is 16.3. The van der Waals surface area contributed by atoms with Crippen LogP contribution in [0.2, 0.25) is 0 Å². The van der Waals surface area contributed by atoms with E-state index in [1.807, 2.05) is 39.0 Å². The summed E-state index contributed by atoms with van der Waals surface area (Å²) in [6, 6.07) is 9.11. The van der Waals surface area contributed by atoms with Gasteiger partial charge in [0.05, 0.1) is 5.52 Å². The van der Waals surface area contributed by atoms with Gasteiger partial charge >= 0.3 is 0 Å². The number of carbonyl (C=O) groups is 1. The Labute approximate surface area is 106 Å². The number of aromatic nitrogens is 1. The predicted molar refractivity (Wildman–Crippen MR) is 71.5 cm³/mol. The molecule has 0 aliphatic carbocycles. The second-order valence-corrected chi connectivity index (χ2v) is 5.54. The van der Waals surface area contributed by atoms with Crippen LogP contribution in [0.3, 0.4) is 0 Å². The zero-order valence-electron chi connectivity index (χ0n) is 10.8. The van der Waals surface area contributed by atoms with Gasteiger partial charge in [-0.15, -0.1) is 0 Å². The van der Waals surface area contributed by atoms with E-state index >= 15 is 0 Å². The minimum absolute atomic E-state index is 0.255. The fourth-order valence-corrected chi connectivity index (χ4v) is 1.77. The molecule has 94 valence electrons. The number of hydrogen-bond donors (Lipinski definition) is 1. The second-order valence-electron chi connectivity index (χ2n) is 5.54. The van der Waals surface area contributed by atoms with Crippen LogP contribution in [0.5, 0.6) is 0 Å². The van der Waals surface area contributed by atoms with Crippen molar-refractivity contribution < 1.29 is 9.90 Å². The number of nitrogens with zero attached hydrogens (tertiary/aromatic N) is 1. The molecule has 1 aromatic carbocycles. The van der Waals surface area contributed by atoms with Crippen LogP contribution in [0.15, 0.2) is 36.5 Å². The van der Waals surface area contributed by atoms with Crippen LogP contribution >= 0.6 is 0 Å². The average Bonchev–Trinajstić information content (AvgIpc) is 2.35. The Morgan fingerprint density at radius 2 is 2.00 bits per heavy atom. The van der Waals surface area contributed by atoms with E-state index in [-0.39, 0.29) is 5.78 Å². The lowest BCUT2D eigenvalue weighted by molar-refractivity contribution is 0.0443. The molecule has 3 heteroatoms. The van der Waals surface area contributed by atoms with Gasteiger partial charge in [0.2, 0.25) is 0 Å². The number of Topliss-reactive ketones (excluding diaryl/α,β-unsaturated/α-hetero) is 1. The Morgan fingerprint density at radius 1 is 1.28 bits per heavy atom. The maximum atomic E-state index is 12.2. The summed E-state index contributed by atoms with van der Waals surface area (Å²) < 4.78 is 0. The summed E-state index contributed by atoms with van der Waals surface area (Å²) in [5.74, 6) is -0.255. The average molecular weight is 243 g/mol. The zero-order valence-corrected chi connectivity index (χ0v) is 10.8. The Morgan fingerprint density at radius 3 is 2.67 bits per heavy atom. The van der Waals surface area contributed by atoms with Crippen LogP contribution < -0.4 is 0 Å². The van der Waals surface area contributed by atoms with Gasteiger partial charge in [0, 0.05) is 17.1 Å². The van der Waals surface area contributed by atoms with E-state index in [1.54, 1.807) is 18.3 Å². The summed E-state index contributed by atoms with van der Waals surface area (Å²) in [4.78, 5) is 16.4. The summed E-state index contributed by atoms with van der Waals surface area (Å²) in [7, 11) is 0. The molecule has 1 unspecified atom stereocenters. The van der Waals surface area contributed by atoms with Gasteiger partial charge in [0.15, 0.2) is 5.78 Å². The van der Waals surface area contributed by atoms with Gasteiger partial charge in [0.1, 0.15) is 6.10 Å². The molecule has 1 heterocycles. The van der Waals surface area contributed by atoms with Crippen LogP contribution in [0.4, 0.5) is 0 Å². The third kappa shape index (κ3) is 2.41. The number of fused-ring (bicyclic) bond motifs is 1. The number of pyridine rings is 1. The van der Waals surface area contributed by atoms with Crippen molar-refractivity contribution in [3.8, 4) is 0 Å². The lowest BCUT2D eigenvalue weighted by Crippen LogP contribution is -2.34. The molecule has 0 aliphatic rings. The minimum Gasteiger partial charge on any atom is -0.384 e. The van der Waals surface area contributed by atoms with Crippen LogP contribution in [0.1, 0.15) is 31.1 Å². The number of aliphatic hydroxyl groups excluding tert-OH is 1. The van der Waals surface area contributed by atoms with Gasteiger partial charge in [-0.05, 0) is 17.5 Å². The first kappa shape index (κ1) is 12.7. The number of hydrogen-bond acceptors (Lipinski definition) is 3. The maximum absolute atomic E-state index is 12.2. The van der Waals surface area contributed by atoms with Crippen LogP contribution in [0, 0.1) is 5.41 Å². The number of aliphatic hydroxyl groups is 1. The molecule has 0 fully saturated rings. The fraction of sp³-hybridized carbons (Fsp3) is 0.333. The quantitative estimate of drug-likeness (QED) is 0.825. The highest BCUT2D eigenvalue weighted by molar-refractivity contribution is 6.02. The smallest absolute Gasteiger partial charge is 0.191 e. The van der Waals surface area contributed by atoms with Crippen molar-refractivity contribution in [2.45, 2.75) is 26.9 Å². The minimum atomic E-state index is -1.00. The van der Waals surface area contributed by atoms with Crippen molar-refractivity contribution in [3.05, 3.63) is 42.1 Å². The zero-order chi connectivity index (χ0) is 13.3. The summed E-state index contributed by atoms with van der Waals surface area (Å²) in [5.41, 5.74) is 0.809. The van der Waals surface area contributed by atoms with Crippen molar-refractivity contribution in [2.75, 3.05) is 0 Å². The lowest BCUT2D eigenvalue weighted by Gasteiger charge is -2.24. The Bertz CT molecular complexity index is 584. The van der Waals surface area contributed by atoms with Gasteiger partial charge < -0.3 is 5.11 Å². The predicted octanol–water partition coefficient (Wildman–Crippen LogP) is 2.82. The van der Waals surface area contributed by atoms with Crippen molar-refractivity contribution in [1.29, 1.82) is 0 Å². The van der Waals surface area contributed by atoms with Crippen molar-refractivity contribution >= 4 is 16.7 Å². The van der Waals surface area contributed by atoms with E-state index in [2.05, 4.69) is 4.98 Å². The standard InChI is InChI=1S/C15H17NO2/c1-15(2,3)14(18)13(17)11-7-6-10-5-4-8-16-12(10)9-11/h4-9,14,18H,1-3H3. The van der Waals surface area contributed by atoms with Crippen molar-refractivity contribution in [3.63, 3.8) is 0 Å². The molecule has 0 saturated carbocycles. The molecule has 2 rings (SSSR count). The van der Waals surface area contributed by atoms with Crippen LogP contribution in [-0.4, -0.2) is 22.0 Å². The summed E-state index contributed by atoms with van der Waals surface area (Å²) in [6.45, 7) is 5.53. The van der Waals surface area contributed by atoms with Crippen molar-refractivity contribution in [1.82, 2.24) is 4.98 Å². The monoisotopic (exact) mass is 243 g/mol. The van der Waals surface area contributed by atoms with E-state index < -0.39 is 11.5 Å². The Kier molecular flexibility index (Phi) is 3.18. The van der Waals surface area contributed by atoms with E-state index in [4.69, 9.17) is 0 Å². The van der Waals surface area contributed by atoms with Crippen LogP contribution in [0.25, 0.3) is 10.9 Å². The third-order valence-electron chi connectivity index (χ3n) is 2.96.